The molecule has 0 amide bonds. The molecule has 3 heteroatoms. The van der Waals surface area contributed by atoms with Crippen LogP contribution in [0.2, 0.25) is 0 Å². The lowest BCUT2D eigenvalue weighted by Gasteiger charge is -1.97. The van der Waals surface area contributed by atoms with Crippen molar-refractivity contribution in [2.75, 3.05) is 7.05 Å². The molecule has 0 spiro atoms. The van der Waals surface area contributed by atoms with Gasteiger partial charge in [-0.25, -0.2) is 0 Å². The molecule has 0 saturated carbocycles. The summed E-state index contributed by atoms with van der Waals surface area (Å²) in [6, 6.07) is 9.99. The molecule has 14 heavy (non-hydrogen) atoms. The van der Waals surface area contributed by atoms with Crippen LogP contribution in [0.4, 0.5) is 0 Å². The summed E-state index contributed by atoms with van der Waals surface area (Å²) in [5, 5.41) is 3.76. The third-order valence-corrected chi connectivity index (χ3v) is 1.41. The zero-order valence-electron chi connectivity index (χ0n) is 8.81. The largest absolute Gasteiger partial charge is 0.391 e. The van der Waals surface area contributed by atoms with Gasteiger partial charge in [-0.1, -0.05) is 42.4 Å². The molecular formula is C11H18N2O. The first-order valence-electron chi connectivity index (χ1n) is 4.69. The molecule has 1 aromatic rings. The highest BCUT2D eigenvalue weighted by Gasteiger charge is 1.87. The van der Waals surface area contributed by atoms with Gasteiger partial charge in [-0.15, -0.1) is 0 Å². The Kier molecular flexibility index (Phi) is 8.80. The van der Waals surface area contributed by atoms with Crippen molar-refractivity contribution in [2.45, 2.75) is 20.0 Å². The van der Waals surface area contributed by atoms with Crippen molar-refractivity contribution in [3.8, 4) is 0 Å². The summed E-state index contributed by atoms with van der Waals surface area (Å²) in [6.07, 6.45) is 2.66. The van der Waals surface area contributed by atoms with Crippen LogP contribution in [-0.2, 0) is 11.4 Å². The highest BCUT2D eigenvalue weighted by molar-refractivity contribution is 5.55. The molecule has 0 aliphatic carbocycles. The molecule has 0 saturated heterocycles. The first-order valence-corrected chi connectivity index (χ1v) is 4.69. The lowest BCUT2D eigenvalue weighted by molar-refractivity contribution is 0.131. The summed E-state index contributed by atoms with van der Waals surface area (Å²) in [5.41, 5.74) is 5.64. The average Bonchev–Trinajstić information content (AvgIpc) is 2.29. The maximum absolute atomic E-state index is 5.03. The number of rotatable bonds is 4. The number of hydrogen-bond acceptors (Lipinski definition) is 3. The van der Waals surface area contributed by atoms with E-state index in [1.54, 1.807) is 6.21 Å². The zero-order valence-corrected chi connectivity index (χ0v) is 8.81. The van der Waals surface area contributed by atoms with Gasteiger partial charge in [0.05, 0.1) is 0 Å². The zero-order chi connectivity index (χ0) is 10.6. The summed E-state index contributed by atoms with van der Waals surface area (Å²) >= 11 is 0. The molecule has 0 atom stereocenters. The monoisotopic (exact) mass is 194 g/mol. The smallest absolute Gasteiger partial charge is 0.142 e. The fraction of sp³-hybridized carbons (Fsp3) is 0.364. The van der Waals surface area contributed by atoms with Crippen LogP contribution in [-0.4, -0.2) is 13.3 Å². The van der Waals surface area contributed by atoms with E-state index in [0.29, 0.717) is 6.61 Å². The Bertz CT molecular complexity index is 234. The Balaban J connectivity index is 0.000000791. The molecule has 1 aromatic carbocycles. The highest BCUT2D eigenvalue weighted by Crippen LogP contribution is 1.99. The minimum absolute atomic E-state index is 0.553. The predicted molar refractivity (Wildman–Crippen MR) is 60.1 cm³/mol. The van der Waals surface area contributed by atoms with Gasteiger partial charge in [-0.2, -0.15) is 0 Å². The second-order valence-electron chi connectivity index (χ2n) is 2.46. The molecule has 0 heterocycles. The Morgan fingerprint density at radius 2 is 1.93 bits per heavy atom. The van der Waals surface area contributed by atoms with Gasteiger partial charge in [-0.3, -0.25) is 0 Å². The first kappa shape index (κ1) is 12.7. The van der Waals surface area contributed by atoms with Crippen LogP contribution in [0, 0.1) is 0 Å². The lowest BCUT2D eigenvalue weighted by atomic mass is 10.2. The van der Waals surface area contributed by atoms with Gasteiger partial charge in [0.25, 0.3) is 0 Å². The Labute approximate surface area is 85.6 Å². The molecule has 1 rings (SSSR count). The van der Waals surface area contributed by atoms with E-state index in [2.05, 4.69) is 10.9 Å². The van der Waals surface area contributed by atoms with E-state index < -0.39 is 0 Å². The van der Waals surface area contributed by atoms with E-state index >= 15 is 0 Å². The fourth-order valence-electron chi connectivity index (χ4n) is 0.813. The van der Waals surface area contributed by atoms with Crippen molar-refractivity contribution in [3.63, 3.8) is 0 Å². The van der Waals surface area contributed by atoms with Crippen molar-refractivity contribution < 1.29 is 4.84 Å². The summed E-state index contributed by atoms with van der Waals surface area (Å²) in [5.74, 6) is 0. The number of benzene rings is 1. The number of oxime groups is 1. The number of nitrogens with zero attached hydrogens (tertiary/aromatic N) is 1. The van der Waals surface area contributed by atoms with Gasteiger partial charge < -0.3 is 10.6 Å². The van der Waals surface area contributed by atoms with E-state index in [4.69, 9.17) is 4.84 Å². The normalized spacial score (nSPS) is 9.36. The van der Waals surface area contributed by atoms with E-state index in [9.17, 15) is 0 Å². The standard InChI is InChI=1S/C10H13NO.CH5N/c1-2-8-11-12-9-10-6-4-3-5-7-10;1-2/h3-8H,2,9H2,1H3;2H2,1H3/b11-8-;. The van der Waals surface area contributed by atoms with Gasteiger partial charge in [0.15, 0.2) is 0 Å². The minimum atomic E-state index is 0.553. The molecule has 0 aliphatic rings. The van der Waals surface area contributed by atoms with E-state index in [1.165, 1.54) is 7.05 Å². The lowest BCUT2D eigenvalue weighted by Crippen LogP contribution is -1.85. The molecule has 0 radical (unpaired) electrons. The van der Waals surface area contributed by atoms with Crippen molar-refractivity contribution in [2.24, 2.45) is 10.9 Å². The van der Waals surface area contributed by atoms with Crippen LogP contribution >= 0.6 is 0 Å². The van der Waals surface area contributed by atoms with Crippen LogP contribution in [0.5, 0.6) is 0 Å². The molecule has 0 bridgehead atoms. The van der Waals surface area contributed by atoms with E-state index in [0.717, 1.165) is 12.0 Å². The van der Waals surface area contributed by atoms with Crippen molar-refractivity contribution in [1.29, 1.82) is 0 Å². The molecule has 0 unspecified atom stereocenters. The van der Waals surface area contributed by atoms with Crippen LogP contribution in [0.1, 0.15) is 18.9 Å². The first-order chi connectivity index (χ1) is 6.93. The van der Waals surface area contributed by atoms with E-state index in [1.807, 2.05) is 37.3 Å². The third-order valence-electron chi connectivity index (χ3n) is 1.41. The summed E-state index contributed by atoms with van der Waals surface area (Å²) in [7, 11) is 1.50. The second-order valence-corrected chi connectivity index (χ2v) is 2.46. The fourth-order valence-corrected chi connectivity index (χ4v) is 0.813. The van der Waals surface area contributed by atoms with Crippen molar-refractivity contribution >= 4 is 6.21 Å². The van der Waals surface area contributed by atoms with E-state index in [-0.39, 0.29) is 0 Å². The Morgan fingerprint density at radius 1 is 1.29 bits per heavy atom. The van der Waals surface area contributed by atoms with Crippen LogP contribution in [0.15, 0.2) is 35.5 Å². The van der Waals surface area contributed by atoms with Gasteiger partial charge in [0, 0.05) is 6.21 Å². The van der Waals surface area contributed by atoms with Crippen molar-refractivity contribution in [1.82, 2.24) is 0 Å². The van der Waals surface area contributed by atoms with Crippen LogP contribution < -0.4 is 5.73 Å². The molecule has 78 valence electrons. The maximum atomic E-state index is 5.03. The summed E-state index contributed by atoms with van der Waals surface area (Å²) in [4.78, 5) is 5.03. The van der Waals surface area contributed by atoms with Crippen LogP contribution in [0.25, 0.3) is 0 Å². The van der Waals surface area contributed by atoms with Gasteiger partial charge in [0.1, 0.15) is 6.61 Å². The maximum Gasteiger partial charge on any atom is 0.142 e. The third kappa shape index (κ3) is 6.20. The topological polar surface area (TPSA) is 47.6 Å². The van der Waals surface area contributed by atoms with Gasteiger partial charge in [-0.05, 0) is 19.0 Å². The molecule has 0 aliphatic heterocycles. The summed E-state index contributed by atoms with van der Waals surface area (Å²) < 4.78 is 0. The van der Waals surface area contributed by atoms with Crippen LogP contribution in [0.3, 0.4) is 0 Å². The average molecular weight is 194 g/mol. The summed E-state index contributed by atoms with van der Waals surface area (Å²) in [6.45, 7) is 2.58. The Hall–Kier alpha value is -1.35. The number of hydrogen-bond donors (Lipinski definition) is 1. The molecule has 0 aromatic heterocycles. The van der Waals surface area contributed by atoms with Gasteiger partial charge >= 0.3 is 0 Å². The highest BCUT2D eigenvalue weighted by atomic mass is 16.6. The quantitative estimate of drug-likeness (QED) is 0.590. The molecule has 2 N–H and O–H groups in total. The minimum Gasteiger partial charge on any atom is -0.391 e. The Morgan fingerprint density at radius 3 is 2.50 bits per heavy atom. The SMILES string of the molecule is CC/C=N\OCc1ccccc1.CN. The predicted octanol–water partition coefficient (Wildman–Crippen LogP) is 2.17. The second kappa shape index (κ2) is 9.74. The van der Waals surface area contributed by atoms with Crippen molar-refractivity contribution in [3.05, 3.63) is 35.9 Å². The van der Waals surface area contributed by atoms with Gasteiger partial charge in [0.2, 0.25) is 0 Å². The molecule has 3 nitrogen and oxygen atoms in total. The number of nitrogens with two attached hydrogens (primary N) is 1. The molecular weight excluding hydrogens is 176 g/mol. The molecule has 0 fully saturated rings.